The molecular formula is C19H20F2N6O2. The molecule has 0 aliphatic carbocycles. The van der Waals surface area contributed by atoms with Crippen LogP contribution in [0.4, 0.5) is 8.78 Å². The highest BCUT2D eigenvalue weighted by Crippen LogP contribution is 2.28. The number of amides is 1. The van der Waals surface area contributed by atoms with Gasteiger partial charge in [-0.3, -0.25) is 9.78 Å². The Morgan fingerprint density at radius 1 is 1.31 bits per heavy atom. The minimum Gasteiger partial charge on any atom is -0.392 e. The van der Waals surface area contributed by atoms with Crippen LogP contribution in [0.2, 0.25) is 0 Å². The molecule has 0 spiro atoms. The Morgan fingerprint density at radius 3 is 2.69 bits per heavy atom. The maximum atomic E-state index is 13.9. The van der Waals surface area contributed by atoms with Crippen LogP contribution in [-0.2, 0) is 5.92 Å². The van der Waals surface area contributed by atoms with Crippen LogP contribution >= 0.6 is 0 Å². The van der Waals surface area contributed by atoms with Crippen LogP contribution in [0.5, 0.6) is 0 Å². The SMILES string of the molecule is Cc1ccc(-c2cc(C(=O)NC[C@H](C)O)cc(-n3nnnc3C(C)(F)F)c2)nc1. The summed E-state index contributed by atoms with van der Waals surface area (Å²) in [7, 11) is 0. The summed E-state index contributed by atoms with van der Waals surface area (Å²) in [6.45, 7) is 4.16. The number of aliphatic hydroxyl groups is 1. The molecule has 0 saturated carbocycles. The maximum Gasteiger partial charge on any atom is 0.305 e. The lowest BCUT2D eigenvalue weighted by molar-refractivity contribution is 0.00527. The zero-order valence-corrected chi connectivity index (χ0v) is 16.1. The average Bonchev–Trinajstić information content (AvgIpc) is 3.17. The van der Waals surface area contributed by atoms with Gasteiger partial charge in [0.2, 0.25) is 5.82 Å². The predicted octanol–water partition coefficient (Wildman–Crippen LogP) is 2.26. The van der Waals surface area contributed by atoms with Crippen molar-refractivity contribution in [3.05, 3.63) is 53.5 Å². The molecule has 0 aliphatic heterocycles. The van der Waals surface area contributed by atoms with Gasteiger partial charge >= 0.3 is 5.92 Å². The monoisotopic (exact) mass is 402 g/mol. The van der Waals surface area contributed by atoms with E-state index < -0.39 is 23.8 Å². The van der Waals surface area contributed by atoms with Gasteiger partial charge in [0.05, 0.1) is 17.5 Å². The van der Waals surface area contributed by atoms with Crippen LogP contribution in [0.15, 0.2) is 36.5 Å². The Morgan fingerprint density at radius 2 is 2.07 bits per heavy atom. The number of carbonyl (C=O) groups is 1. The highest BCUT2D eigenvalue weighted by atomic mass is 19.3. The van der Waals surface area contributed by atoms with Gasteiger partial charge in [-0.15, -0.1) is 5.10 Å². The minimum atomic E-state index is -3.28. The lowest BCUT2D eigenvalue weighted by Gasteiger charge is -2.14. The maximum absolute atomic E-state index is 13.9. The van der Waals surface area contributed by atoms with Crippen LogP contribution in [0.1, 0.15) is 35.6 Å². The number of alkyl halides is 2. The van der Waals surface area contributed by atoms with Crippen LogP contribution < -0.4 is 5.32 Å². The van der Waals surface area contributed by atoms with Gasteiger partial charge in [0.25, 0.3) is 5.91 Å². The van der Waals surface area contributed by atoms with Crippen LogP contribution in [0.25, 0.3) is 16.9 Å². The quantitative estimate of drug-likeness (QED) is 0.655. The molecule has 0 unspecified atom stereocenters. The van der Waals surface area contributed by atoms with Crippen LogP contribution in [-0.4, -0.2) is 48.9 Å². The second-order valence-electron chi connectivity index (χ2n) is 6.85. The molecule has 0 radical (unpaired) electrons. The zero-order valence-electron chi connectivity index (χ0n) is 16.1. The van der Waals surface area contributed by atoms with Crippen molar-refractivity contribution in [1.82, 2.24) is 30.5 Å². The molecule has 152 valence electrons. The molecule has 2 heterocycles. The second-order valence-corrected chi connectivity index (χ2v) is 6.85. The fourth-order valence-electron chi connectivity index (χ4n) is 2.63. The Balaban J connectivity index is 2.12. The molecule has 0 fully saturated rings. The summed E-state index contributed by atoms with van der Waals surface area (Å²) in [4.78, 5) is 16.9. The summed E-state index contributed by atoms with van der Waals surface area (Å²) >= 11 is 0. The van der Waals surface area contributed by atoms with Gasteiger partial charge in [-0.05, 0) is 54.1 Å². The molecule has 3 aromatic rings. The third kappa shape index (κ3) is 4.77. The van der Waals surface area contributed by atoms with Gasteiger partial charge in [0, 0.05) is 30.8 Å². The number of hydrogen-bond acceptors (Lipinski definition) is 6. The predicted molar refractivity (Wildman–Crippen MR) is 101 cm³/mol. The van der Waals surface area contributed by atoms with Crippen molar-refractivity contribution in [2.24, 2.45) is 0 Å². The first-order chi connectivity index (χ1) is 13.6. The number of carbonyl (C=O) groups excluding carboxylic acids is 1. The van der Waals surface area contributed by atoms with Crippen molar-refractivity contribution in [2.75, 3.05) is 6.54 Å². The highest BCUT2D eigenvalue weighted by Gasteiger charge is 2.32. The number of rotatable bonds is 6. The van der Waals surface area contributed by atoms with Gasteiger partial charge in [0.15, 0.2) is 0 Å². The molecule has 0 aliphatic rings. The fourth-order valence-corrected chi connectivity index (χ4v) is 2.63. The largest absolute Gasteiger partial charge is 0.392 e. The lowest BCUT2D eigenvalue weighted by atomic mass is 10.0. The molecule has 1 aromatic carbocycles. The number of aliphatic hydroxyl groups excluding tert-OH is 1. The molecule has 1 amide bonds. The van der Waals surface area contributed by atoms with E-state index in [0.29, 0.717) is 18.2 Å². The van der Waals surface area contributed by atoms with E-state index in [1.54, 1.807) is 24.4 Å². The van der Waals surface area contributed by atoms with Gasteiger partial charge in [-0.1, -0.05) is 6.07 Å². The number of aryl methyl sites for hydroxylation is 1. The van der Waals surface area contributed by atoms with Crippen LogP contribution in [0, 0.1) is 6.92 Å². The fraction of sp³-hybridized carbons (Fsp3) is 0.316. The summed E-state index contributed by atoms with van der Waals surface area (Å²) in [5.41, 5.74) is 2.42. The first kappa shape index (κ1) is 20.5. The van der Waals surface area contributed by atoms with Crippen molar-refractivity contribution in [1.29, 1.82) is 0 Å². The number of hydrogen-bond donors (Lipinski definition) is 2. The molecule has 2 N–H and O–H groups in total. The van der Waals surface area contributed by atoms with E-state index in [9.17, 15) is 18.7 Å². The van der Waals surface area contributed by atoms with Crippen molar-refractivity contribution in [3.63, 3.8) is 0 Å². The minimum absolute atomic E-state index is 0.0460. The number of aromatic nitrogens is 5. The van der Waals surface area contributed by atoms with E-state index in [4.69, 9.17) is 0 Å². The first-order valence-electron chi connectivity index (χ1n) is 8.86. The van der Waals surface area contributed by atoms with Crippen molar-refractivity contribution >= 4 is 5.91 Å². The number of tetrazole rings is 1. The molecule has 10 heteroatoms. The van der Waals surface area contributed by atoms with E-state index in [-0.39, 0.29) is 17.8 Å². The molecule has 3 rings (SSSR count). The van der Waals surface area contributed by atoms with E-state index in [1.165, 1.54) is 13.0 Å². The summed E-state index contributed by atoms with van der Waals surface area (Å²) in [6.07, 6.45) is 0.933. The Labute approximate surface area is 165 Å². The first-order valence-corrected chi connectivity index (χ1v) is 8.86. The molecular weight excluding hydrogens is 382 g/mol. The van der Waals surface area contributed by atoms with E-state index in [1.807, 2.05) is 13.0 Å². The summed E-state index contributed by atoms with van der Waals surface area (Å²) in [5, 5.41) is 22.4. The van der Waals surface area contributed by atoms with Crippen molar-refractivity contribution in [2.45, 2.75) is 32.8 Å². The summed E-state index contributed by atoms with van der Waals surface area (Å²) < 4.78 is 28.7. The topological polar surface area (TPSA) is 106 Å². The van der Waals surface area contributed by atoms with Gasteiger partial charge in [-0.25, -0.2) is 0 Å². The molecule has 29 heavy (non-hydrogen) atoms. The number of nitrogens with zero attached hydrogens (tertiary/aromatic N) is 5. The summed E-state index contributed by atoms with van der Waals surface area (Å²) in [6, 6.07) is 8.19. The smallest absolute Gasteiger partial charge is 0.305 e. The molecule has 8 nitrogen and oxygen atoms in total. The third-order valence-corrected chi connectivity index (χ3v) is 4.05. The standard InChI is InChI=1S/C19H20F2N6O2/c1-11-4-5-16(22-9-11)13-6-14(17(29)23-10-12(2)28)8-15(7-13)27-18(19(3,20)21)24-25-26-27/h4-9,12,28H,10H2,1-3H3,(H,23,29)/t12-/m0/s1. The van der Waals surface area contributed by atoms with Gasteiger partial charge in [-0.2, -0.15) is 13.5 Å². The molecule has 0 bridgehead atoms. The van der Waals surface area contributed by atoms with Gasteiger partial charge < -0.3 is 10.4 Å². The number of pyridine rings is 1. The van der Waals surface area contributed by atoms with Gasteiger partial charge in [0.1, 0.15) is 0 Å². The van der Waals surface area contributed by atoms with Crippen molar-refractivity contribution < 1.29 is 18.7 Å². The van der Waals surface area contributed by atoms with E-state index in [2.05, 4.69) is 25.8 Å². The third-order valence-electron chi connectivity index (χ3n) is 4.05. The zero-order chi connectivity index (χ0) is 21.2. The molecule has 2 aromatic heterocycles. The highest BCUT2D eigenvalue weighted by molar-refractivity contribution is 5.96. The molecule has 1 atom stereocenters. The second kappa shape index (κ2) is 8.00. The Hall–Kier alpha value is -3.27. The Kier molecular flexibility index (Phi) is 5.64. The lowest BCUT2D eigenvalue weighted by Crippen LogP contribution is -2.30. The summed E-state index contributed by atoms with van der Waals surface area (Å²) in [5.74, 6) is -4.41. The normalized spacial score (nSPS) is 12.6. The average molecular weight is 402 g/mol. The van der Waals surface area contributed by atoms with Crippen molar-refractivity contribution in [3.8, 4) is 16.9 Å². The van der Waals surface area contributed by atoms with E-state index in [0.717, 1.165) is 10.2 Å². The number of halogens is 2. The molecule has 0 saturated heterocycles. The van der Waals surface area contributed by atoms with E-state index >= 15 is 0 Å². The number of benzene rings is 1. The Bertz CT molecular complexity index is 1010. The number of nitrogens with one attached hydrogen (secondary N) is 1. The van der Waals surface area contributed by atoms with Crippen LogP contribution in [0.3, 0.4) is 0 Å².